The van der Waals surface area contributed by atoms with Crippen LogP contribution in [0, 0.1) is 0 Å². The van der Waals surface area contributed by atoms with Crippen LogP contribution in [-0.4, -0.2) is 19.8 Å². The van der Waals surface area contributed by atoms with Gasteiger partial charge in [0.2, 0.25) is 0 Å². The topological polar surface area (TPSA) is 44.5 Å². The van der Waals surface area contributed by atoms with E-state index in [0.29, 0.717) is 29.7 Å². The van der Waals surface area contributed by atoms with Crippen molar-refractivity contribution in [2.45, 2.75) is 19.8 Å². The van der Waals surface area contributed by atoms with E-state index >= 15 is 0 Å². The molecule has 0 heterocycles. The molecule has 0 aliphatic carbocycles. The average molecular weight is 323 g/mol. The van der Waals surface area contributed by atoms with Gasteiger partial charge in [-0.15, -0.1) is 0 Å². The maximum Gasteiger partial charge on any atom is 0.156 e. The molecule has 0 amide bonds. The molecule has 0 saturated carbocycles. The van der Waals surface area contributed by atoms with Gasteiger partial charge < -0.3 is 15.2 Å². The molecule has 0 atom stereocenters. The number of hydrogen-bond donors (Lipinski definition) is 1. The van der Waals surface area contributed by atoms with E-state index in [4.69, 9.17) is 26.8 Å². The van der Waals surface area contributed by atoms with Gasteiger partial charge in [0.25, 0.3) is 0 Å². The fourth-order valence-electron chi connectivity index (χ4n) is 1.28. The van der Waals surface area contributed by atoms with Crippen molar-refractivity contribution in [2.75, 3.05) is 25.6 Å². The van der Waals surface area contributed by atoms with Crippen molar-refractivity contribution in [3.8, 4) is 5.75 Å². The van der Waals surface area contributed by atoms with Gasteiger partial charge in [-0.2, -0.15) is 0 Å². The summed E-state index contributed by atoms with van der Waals surface area (Å²) in [6.45, 7) is 3.95. The lowest BCUT2D eigenvalue weighted by atomic mass is 10.3. The van der Waals surface area contributed by atoms with E-state index in [2.05, 4.69) is 22.9 Å². The molecule has 3 nitrogen and oxygen atoms in total. The SMILES string of the molecule is CCCCOCCOc1c(N)cc(Cl)cc1Br. The summed E-state index contributed by atoms with van der Waals surface area (Å²) in [7, 11) is 0. The summed E-state index contributed by atoms with van der Waals surface area (Å²) in [5, 5.41) is 0.584. The normalized spacial score (nSPS) is 10.5. The van der Waals surface area contributed by atoms with Crippen LogP contribution < -0.4 is 10.5 Å². The maximum atomic E-state index is 5.85. The zero-order chi connectivity index (χ0) is 12.7. The predicted octanol–water partition coefficient (Wildman–Crippen LogP) is 3.88. The van der Waals surface area contributed by atoms with Crippen molar-refractivity contribution in [1.29, 1.82) is 0 Å². The number of benzene rings is 1. The summed E-state index contributed by atoms with van der Waals surface area (Å²) >= 11 is 9.21. The van der Waals surface area contributed by atoms with E-state index < -0.39 is 0 Å². The first-order valence-corrected chi connectivity index (χ1v) is 6.77. The van der Waals surface area contributed by atoms with Crippen LogP contribution in [0.15, 0.2) is 16.6 Å². The zero-order valence-corrected chi connectivity index (χ0v) is 12.2. The Balaban J connectivity index is 2.36. The van der Waals surface area contributed by atoms with Crippen LogP contribution in [-0.2, 0) is 4.74 Å². The van der Waals surface area contributed by atoms with E-state index in [9.17, 15) is 0 Å². The number of nitrogens with two attached hydrogens (primary N) is 1. The molecule has 1 aromatic rings. The van der Waals surface area contributed by atoms with E-state index in [1.165, 1.54) is 0 Å². The van der Waals surface area contributed by atoms with Crippen molar-refractivity contribution in [1.82, 2.24) is 0 Å². The Hall–Kier alpha value is -0.450. The summed E-state index contributed by atoms with van der Waals surface area (Å²) in [4.78, 5) is 0. The van der Waals surface area contributed by atoms with E-state index in [1.54, 1.807) is 12.1 Å². The number of nitrogen functional groups attached to an aromatic ring is 1. The van der Waals surface area contributed by atoms with Gasteiger partial charge in [-0.3, -0.25) is 0 Å². The lowest BCUT2D eigenvalue weighted by molar-refractivity contribution is 0.0981. The van der Waals surface area contributed by atoms with E-state index in [-0.39, 0.29) is 0 Å². The average Bonchev–Trinajstić information content (AvgIpc) is 2.26. The number of anilines is 1. The Bertz CT molecular complexity index is 337. The number of unbranched alkanes of at least 4 members (excludes halogenated alkanes) is 1. The Labute approximate surface area is 115 Å². The third-order valence-corrected chi connectivity index (χ3v) is 2.96. The molecule has 0 bridgehead atoms. The van der Waals surface area contributed by atoms with Gasteiger partial charge in [0.1, 0.15) is 6.61 Å². The van der Waals surface area contributed by atoms with Crippen LogP contribution in [0.25, 0.3) is 0 Å². The third-order valence-electron chi connectivity index (χ3n) is 2.15. The highest BCUT2D eigenvalue weighted by atomic mass is 79.9. The Morgan fingerprint density at radius 2 is 2.06 bits per heavy atom. The fraction of sp³-hybridized carbons (Fsp3) is 0.500. The molecule has 1 aromatic carbocycles. The first-order chi connectivity index (χ1) is 8.15. The van der Waals surface area contributed by atoms with Crippen LogP contribution in [0.1, 0.15) is 19.8 Å². The predicted molar refractivity (Wildman–Crippen MR) is 74.8 cm³/mol. The smallest absolute Gasteiger partial charge is 0.156 e. The molecule has 2 N–H and O–H groups in total. The van der Waals surface area contributed by atoms with E-state index in [1.807, 2.05) is 0 Å². The molecular weight excluding hydrogens is 305 g/mol. The van der Waals surface area contributed by atoms with Crippen molar-refractivity contribution >= 4 is 33.2 Å². The molecule has 1 rings (SSSR count). The highest BCUT2D eigenvalue weighted by Gasteiger charge is 2.07. The minimum atomic E-state index is 0.480. The van der Waals surface area contributed by atoms with Gasteiger partial charge in [-0.25, -0.2) is 0 Å². The fourth-order valence-corrected chi connectivity index (χ4v) is 2.23. The molecule has 0 aromatic heterocycles. The lowest BCUT2D eigenvalue weighted by Crippen LogP contribution is -2.08. The van der Waals surface area contributed by atoms with Gasteiger partial charge in [0, 0.05) is 11.6 Å². The molecule has 0 unspecified atom stereocenters. The summed E-state index contributed by atoms with van der Waals surface area (Å²) in [5.41, 5.74) is 6.33. The first kappa shape index (κ1) is 14.6. The molecule has 0 spiro atoms. The largest absolute Gasteiger partial charge is 0.488 e. The molecule has 17 heavy (non-hydrogen) atoms. The number of rotatable bonds is 7. The molecule has 96 valence electrons. The minimum Gasteiger partial charge on any atom is -0.488 e. The van der Waals surface area contributed by atoms with Crippen molar-refractivity contribution in [3.05, 3.63) is 21.6 Å². The van der Waals surface area contributed by atoms with Gasteiger partial charge >= 0.3 is 0 Å². The van der Waals surface area contributed by atoms with E-state index in [0.717, 1.165) is 23.9 Å². The van der Waals surface area contributed by atoms with Gasteiger partial charge in [0.15, 0.2) is 5.75 Å². The lowest BCUT2D eigenvalue weighted by Gasteiger charge is -2.11. The van der Waals surface area contributed by atoms with Gasteiger partial charge in [-0.1, -0.05) is 24.9 Å². The maximum absolute atomic E-state index is 5.85. The second-order valence-electron chi connectivity index (χ2n) is 3.62. The number of hydrogen-bond acceptors (Lipinski definition) is 3. The summed E-state index contributed by atoms with van der Waals surface area (Å²) < 4.78 is 11.7. The van der Waals surface area contributed by atoms with Gasteiger partial charge in [0.05, 0.1) is 16.8 Å². The van der Waals surface area contributed by atoms with Crippen LogP contribution in [0.5, 0.6) is 5.75 Å². The molecule has 0 radical (unpaired) electrons. The monoisotopic (exact) mass is 321 g/mol. The summed E-state index contributed by atoms with van der Waals surface area (Å²) in [6, 6.07) is 3.42. The molecular formula is C12H17BrClNO2. The molecule has 5 heteroatoms. The van der Waals surface area contributed by atoms with Gasteiger partial charge in [-0.05, 0) is 34.5 Å². The zero-order valence-electron chi connectivity index (χ0n) is 9.84. The van der Waals surface area contributed by atoms with Crippen molar-refractivity contribution < 1.29 is 9.47 Å². The summed E-state index contributed by atoms with van der Waals surface area (Å²) in [6.07, 6.45) is 2.21. The third kappa shape index (κ3) is 5.15. The first-order valence-electron chi connectivity index (χ1n) is 5.60. The second kappa shape index (κ2) is 7.80. The molecule has 0 aliphatic rings. The summed E-state index contributed by atoms with van der Waals surface area (Å²) in [5.74, 6) is 0.619. The Morgan fingerprint density at radius 1 is 1.29 bits per heavy atom. The highest BCUT2D eigenvalue weighted by Crippen LogP contribution is 2.34. The Kier molecular flexibility index (Phi) is 6.70. The molecule has 0 fully saturated rings. The second-order valence-corrected chi connectivity index (χ2v) is 4.91. The molecule has 0 aliphatic heterocycles. The van der Waals surface area contributed by atoms with Crippen LogP contribution in [0.3, 0.4) is 0 Å². The van der Waals surface area contributed by atoms with Crippen LogP contribution >= 0.6 is 27.5 Å². The number of halogens is 2. The quantitative estimate of drug-likeness (QED) is 0.612. The Morgan fingerprint density at radius 3 is 2.71 bits per heavy atom. The number of ether oxygens (including phenoxy) is 2. The van der Waals surface area contributed by atoms with Crippen molar-refractivity contribution in [2.24, 2.45) is 0 Å². The standard InChI is InChI=1S/C12H17BrClNO2/c1-2-3-4-16-5-6-17-12-10(13)7-9(14)8-11(12)15/h7-8H,2-6,15H2,1H3. The highest BCUT2D eigenvalue weighted by molar-refractivity contribution is 9.10. The molecule has 0 saturated heterocycles. The van der Waals surface area contributed by atoms with Crippen LogP contribution in [0.2, 0.25) is 5.02 Å². The van der Waals surface area contributed by atoms with Crippen molar-refractivity contribution in [3.63, 3.8) is 0 Å². The van der Waals surface area contributed by atoms with Crippen LogP contribution in [0.4, 0.5) is 5.69 Å². The minimum absolute atomic E-state index is 0.480.